The van der Waals surface area contributed by atoms with Crippen LogP contribution in [0.5, 0.6) is 0 Å². The first-order valence-corrected chi connectivity index (χ1v) is 6.42. The van der Waals surface area contributed by atoms with E-state index in [1.807, 2.05) is 13.8 Å². The molecule has 0 fully saturated rings. The van der Waals surface area contributed by atoms with Gasteiger partial charge >= 0.3 is 0 Å². The van der Waals surface area contributed by atoms with Gasteiger partial charge in [0.05, 0.1) is 5.33 Å². The number of nitrogens with zero attached hydrogens (tertiary/aromatic N) is 3. The molecule has 1 heterocycles. The smallest absolute Gasteiger partial charge is 0.165 e. The molecule has 1 aromatic heterocycles. The van der Waals surface area contributed by atoms with Crippen LogP contribution in [0.1, 0.15) is 46.3 Å². The van der Waals surface area contributed by atoms with Gasteiger partial charge in [0.2, 0.25) is 0 Å². The maximum absolute atomic E-state index is 5.48. The van der Waals surface area contributed by atoms with Crippen molar-refractivity contribution in [2.75, 3.05) is 7.11 Å². The molecule has 0 N–H and O–H groups in total. The maximum atomic E-state index is 5.48. The Morgan fingerprint density at radius 3 is 2.12 bits per heavy atom. The highest BCUT2D eigenvalue weighted by atomic mass is 79.9. The summed E-state index contributed by atoms with van der Waals surface area (Å²) in [6.45, 7) is 10.4. The Morgan fingerprint density at radius 2 is 1.75 bits per heavy atom. The highest BCUT2D eigenvalue weighted by Gasteiger charge is 2.32. The molecule has 0 saturated heterocycles. The third-order valence-electron chi connectivity index (χ3n) is 2.57. The minimum atomic E-state index is -0.430. The van der Waals surface area contributed by atoms with E-state index >= 15 is 0 Å². The van der Waals surface area contributed by atoms with Crippen molar-refractivity contribution in [1.29, 1.82) is 0 Å². The van der Waals surface area contributed by atoms with Crippen LogP contribution in [0.3, 0.4) is 0 Å². The minimum absolute atomic E-state index is 0.0578. The van der Waals surface area contributed by atoms with Gasteiger partial charge < -0.3 is 9.30 Å². The molecule has 0 bridgehead atoms. The molecule has 1 aromatic rings. The lowest BCUT2D eigenvalue weighted by atomic mass is 10.0. The molecule has 0 spiro atoms. The van der Waals surface area contributed by atoms with E-state index in [4.69, 9.17) is 4.74 Å². The Hall–Kier alpha value is -0.420. The second-order valence-corrected chi connectivity index (χ2v) is 5.85. The third-order valence-corrected chi connectivity index (χ3v) is 3.07. The number of alkyl halides is 1. The van der Waals surface area contributed by atoms with E-state index in [-0.39, 0.29) is 5.54 Å². The van der Waals surface area contributed by atoms with Crippen molar-refractivity contribution in [2.24, 2.45) is 0 Å². The summed E-state index contributed by atoms with van der Waals surface area (Å²) in [6, 6.07) is 0. The zero-order chi connectivity index (χ0) is 12.6. The average molecular weight is 290 g/mol. The molecular formula is C11H20BrN3O. The Kier molecular flexibility index (Phi) is 3.80. The van der Waals surface area contributed by atoms with E-state index < -0.39 is 5.60 Å². The SMILES string of the molecule is COC(C)(C)c1nnc(CBr)n1C(C)(C)C. The van der Waals surface area contributed by atoms with Gasteiger partial charge in [0.15, 0.2) is 5.82 Å². The Labute approximate surface area is 106 Å². The third kappa shape index (κ3) is 2.46. The van der Waals surface area contributed by atoms with E-state index in [1.54, 1.807) is 7.11 Å². The van der Waals surface area contributed by atoms with E-state index in [0.29, 0.717) is 5.33 Å². The van der Waals surface area contributed by atoms with Crippen LogP contribution >= 0.6 is 15.9 Å². The van der Waals surface area contributed by atoms with Crippen LogP contribution < -0.4 is 0 Å². The van der Waals surface area contributed by atoms with Gasteiger partial charge in [-0.2, -0.15) is 0 Å². The van der Waals surface area contributed by atoms with Crippen molar-refractivity contribution in [3.8, 4) is 0 Å². The monoisotopic (exact) mass is 289 g/mol. The molecule has 16 heavy (non-hydrogen) atoms. The molecule has 0 amide bonds. The molecule has 0 saturated carbocycles. The van der Waals surface area contributed by atoms with Gasteiger partial charge in [0, 0.05) is 12.6 Å². The summed E-state index contributed by atoms with van der Waals surface area (Å²) in [4.78, 5) is 0. The van der Waals surface area contributed by atoms with Crippen molar-refractivity contribution in [3.63, 3.8) is 0 Å². The highest BCUT2D eigenvalue weighted by Crippen LogP contribution is 2.28. The number of methoxy groups -OCH3 is 1. The van der Waals surface area contributed by atoms with Crippen molar-refractivity contribution >= 4 is 15.9 Å². The van der Waals surface area contributed by atoms with Crippen LogP contribution in [-0.2, 0) is 21.2 Å². The first-order chi connectivity index (χ1) is 7.24. The summed E-state index contributed by atoms with van der Waals surface area (Å²) >= 11 is 3.44. The fourth-order valence-electron chi connectivity index (χ4n) is 1.59. The normalized spacial score (nSPS) is 13.2. The molecule has 0 radical (unpaired) electrons. The van der Waals surface area contributed by atoms with Crippen molar-refractivity contribution in [1.82, 2.24) is 14.8 Å². The van der Waals surface area contributed by atoms with Crippen molar-refractivity contribution < 1.29 is 4.74 Å². The lowest BCUT2D eigenvalue weighted by molar-refractivity contribution is 0.00514. The van der Waals surface area contributed by atoms with Gasteiger partial charge in [-0.05, 0) is 34.6 Å². The lowest BCUT2D eigenvalue weighted by Gasteiger charge is -2.30. The summed E-state index contributed by atoms with van der Waals surface area (Å²) in [7, 11) is 1.69. The standard InChI is InChI=1S/C11H20BrN3O/c1-10(2,3)15-8(7-12)13-14-9(15)11(4,5)16-6/h7H2,1-6H3. The van der Waals surface area contributed by atoms with Gasteiger partial charge in [-0.1, -0.05) is 15.9 Å². The summed E-state index contributed by atoms with van der Waals surface area (Å²) < 4.78 is 7.61. The second-order valence-electron chi connectivity index (χ2n) is 5.29. The largest absolute Gasteiger partial charge is 0.371 e. The second kappa shape index (κ2) is 4.45. The van der Waals surface area contributed by atoms with E-state index in [9.17, 15) is 0 Å². The summed E-state index contributed by atoms with van der Waals surface area (Å²) in [6.07, 6.45) is 0. The number of aromatic nitrogens is 3. The molecular weight excluding hydrogens is 270 g/mol. The Bertz CT molecular complexity index is 366. The molecule has 4 nitrogen and oxygen atoms in total. The molecule has 0 aliphatic carbocycles. The summed E-state index contributed by atoms with van der Waals surface area (Å²) in [5.41, 5.74) is -0.488. The number of halogens is 1. The van der Waals surface area contributed by atoms with Gasteiger partial charge in [0.1, 0.15) is 11.4 Å². The van der Waals surface area contributed by atoms with E-state index in [2.05, 4.69) is 51.5 Å². The molecule has 0 unspecified atom stereocenters. The molecule has 1 rings (SSSR count). The Morgan fingerprint density at radius 1 is 1.19 bits per heavy atom. The zero-order valence-corrected chi connectivity index (χ0v) is 12.4. The van der Waals surface area contributed by atoms with Crippen molar-refractivity contribution in [2.45, 2.75) is 51.1 Å². The molecule has 0 aliphatic heterocycles. The average Bonchev–Trinajstić information content (AvgIpc) is 2.61. The van der Waals surface area contributed by atoms with Crippen LogP contribution in [0.4, 0.5) is 0 Å². The minimum Gasteiger partial charge on any atom is -0.371 e. The summed E-state index contributed by atoms with van der Waals surface area (Å²) in [5, 5.41) is 9.15. The van der Waals surface area contributed by atoms with Gasteiger partial charge in [-0.3, -0.25) is 0 Å². The number of ether oxygens (including phenoxy) is 1. The number of hydrogen-bond acceptors (Lipinski definition) is 3. The maximum Gasteiger partial charge on any atom is 0.165 e. The van der Waals surface area contributed by atoms with Crippen LogP contribution in [0.15, 0.2) is 0 Å². The summed E-state index contributed by atoms with van der Waals surface area (Å²) in [5.74, 6) is 1.78. The Balaban J connectivity index is 3.37. The van der Waals surface area contributed by atoms with Crippen LogP contribution in [0, 0.1) is 0 Å². The molecule has 92 valence electrons. The predicted octanol–water partition coefficient (Wildman–Crippen LogP) is 2.81. The van der Waals surface area contributed by atoms with Crippen LogP contribution in [0.2, 0.25) is 0 Å². The highest BCUT2D eigenvalue weighted by molar-refractivity contribution is 9.08. The predicted molar refractivity (Wildman–Crippen MR) is 67.7 cm³/mol. The van der Waals surface area contributed by atoms with E-state index in [0.717, 1.165) is 11.6 Å². The first kappa shape index (κ1) is 13.6. The van der Waals surface area contributed by atoms with Crippen molar-refractivity contribution in [3.05, 3.63) is 11.6 Å². The molecule has 0 atom stereocenters. The van der Waals surface area contributed by atoms with Crippen LogP contribution in [0.25, 0.3) is 0 Å². The number of hydrogen-bond donors (Lipinski definition) is 0. The fraction of sp³-hybridized carbons (Fsp3) is 0.818. The quantitative estimate of drug-likeness (QED) is 0.804. The zero-order valence-electron chi connectivity index (χ0n) is 10.8. The topological polar surface area (TPSA) is 39.9 Å². The van der Waals surface area contributed by atoms with Crippen LogP contribution in [-0.4, -0.2) is 21.9 Å². The molecule has 5 heteroatoms. The first-order valence-electron chi connectivity index (χ1n) is 5.30. The van der Waals surface area contributed by atoms with Gasteiger partial charge in [0.25, 0.3) is 0 Å². The number of rotatable bonds is 3. The van der Waals surface area contributed by atoms with Gasteiger partial charge in [-0.25, -0.2) is 0 Å². The molecule has 0 aromatic carbocycles. The lowest BCUT2D eigenvalue weighted by Crippen LogP contribution is -2.33. The molecule has 0 aliphatic rings. The van der Waals surface area contributed by atoms with Gasteiger partial charge in [-0.15, -0.1) is 10.2 Å². The fourth-order valence-corrected chi connectivity index (χ4v) is 1.95. The van der Waals surface area contributed by atoms with E-state index in [1.165, 1.54) is 0 Å².